The van der Waals surface area contributed by atoms with Gasteiger partial charge in [-0.25, -0.2) is 0 Å². The summed E-state index contributed by atoms with van der Waals surface area (Å²) in [6, 6.07) is 0. The van der Waals surface area contributed by atoms with Crippen LogP contribution >= 0.6 is 11.8 Å². The van der Waals surface area contributed by atoms with Crippen molar-refractivity contribution in [1.29, 1.82) is 0 Å². The van der Waals surface area contributed by atoms with E-state index in [9.17, 15) is 5.11 Å². The number of thioether (sulfide) groups is 1. The Bertz CT molecular complexity index is 208. The lowest BCUT2D eigenvalue weighted by Crippen LogP contribution is -2.52. The van der Waals surface area contributed by atoms with Gasteiger partial charge < -0.3 is 10.4 Å². The lowest BCUT2D eigenvalue weighted by Gasteiger charge is -2.39. The van der Waals surface area contributed by atoms with E-state index in [4.69, 9.17) is 0 Å². The molecule has 2 fully saturated rings. The molecule has 2 rings (SSSR count). The third kappa shape index (κ3) is 3.14. The fourth-order valence-corrected chi connectivity index (χ4v) is 4.10. The number of nitrogens with one attached hydrogen (secondary N) is 1. The van der Waals surface area contributed by atoms with Crippen LogP contribution in [0.5, 0.6) is 0 Å². The van der Waals surface area contributed by atoms with E-state index < -0.39 is 0 Å². The highest BCUT2D eigenvalue weighted by molar-refractivity contribution is 7.99. The lowest BCUT2D eigenvalue weighted by molar-refractivity contribution is 0.102. The zero-order valence-electron chi connectivity index (χ0n) is 10.4. The molecule has 0 amide bonds. The first-order chi connectivity index (χ1) is 7.74. The Morgan fingerprint density at radius 2 is 2.06 bits per heavy atom. The third-order valence-corrected chi connectivity index (χ3v) is 5.56. The molecule has 2 aliphatic rings. The molecule has 16 heavy (non-hydrogen) atoms. The van der Waals surface area contributed by atoms with E-state index in [-0.39, 0.29) is 5.54 Å². The minimum Gasteiger partial charge on any atom is -0.394 e. The highest BCUT2D eigenvalue weighted by atomic mass is 32.2. The van der Waals surface area contributed by atoms with Gasteiger partial charge in [0.2, 0.25) is 0 Å². The van der Waals surface area contributed by atoms with Gasteiger partial charge in [0.05, 0.1) is 6.61 Å². The van der Waals surface area contributed by atoms with Gasteiger partial charge >= 0.3 is 0 Å². The van der Waals surface area contributed by atoms with Gasteiger partial charge in [-0.15, -0.1) is 0 Å². The molecule has 0 spiro atoms. The molecule has 2 nitrogen and oxygen atoms in total. The highest BCUT2D eigenvalue weighted by Gasteiger charge is 2.33. The molecule has 1 unspecified atom stereocenters. The van der Waals surface area contributed by atoms with Gasteiger partial charge in [-0.1, -0.05) is 6.92 Å². The molecule has 1 aliphatic carbocycles. The van der Waals surface area contributed by atoms with E-state index in [1.807, 2.05) is 0 Å². The van der Waals surface area contributed by atoms with E-state index in [1.54, 1.807) is 0 Å². The maximum atomic E-state index is 9.63. The predicted octanol–water partition coefficient (Wildman–Crippen LogP) is 2.27. The minimum absolute atomic E-state index is 0.0553. The van der Waals surface area contributed by atoms with Gasteiger partial charge in [-0.2, -0.15) is 11.8 Å². The van der Waals surface area contributed by atoms with Crippen LogP contribution in [0.4, 0.5) is 0 Å². The molecule has 0 bridgehead atoms. The Kier molecular flexibility index (Phi) is 4.57. The highest BCUT2D eigenvalue weighted by Crippen LogP contribution is 2.32. The van der Waals surface area contributed by atoms with Crippen molar-refractivity contribution in [1.82, 2.24) is 5.32 Å². The van der Waals surface area contributed by atoms with Gasteiger partial charge in [0.15, 0.2) is 0 Å². The van der Waals surface area contributed by atoms with Crippen LogP contribution in [0, 0.1) is 11.8 Å². The first-order valence-electron chi connectivity index (χ1n) is 6.68. The number of aliphatic hydroxyl groups is 1. The average molecular weight is 243 g/mol. The van der Waals surface area contributed by atoms with Crippen molar-refractivity contribution < 1.29 is 5.11 Å². The maximum absolute atomic E-state index is 9.63. The summed E-state index contributed by atoms with van der Waals surface area (Å²) in [5, 5.41) is 13.3. The zero-order valence-corrected chi connectivity index (χ0v) is 11.2. The van der Waals surface area contributed by atoms with Crippen LogP contribution in [-0.2, 0) is 0 Å². The van der Waals surface area contributed by atoms with Crippen LogP contribution in [0.2, 0.25) is 0 Å². The molecule has 0 radical (unpaired) electrons. The Morgan fingerprint density at radius 1 is 1.31 bits per heavy atom. The first-order valence-corrected chi connectivity index (χ1v) is 7.83. The Hall–Kier alpha value is 0.270. The van der Waals surface area contributed by atoms with E-state index >= 15 is 0 Å². The van der Waals surface area contributed by atoms with E-state index in [2.05, 4.69) is 24.0 Å². The summed E-state index contributed by atoms with van der Waals surface area (Å²) >= 11 is 2.07. The number of aliphatic hydroxyl groups excluding tert-OH is 1. The zero-order chi connectivity index (χ0) is 11.4. The molecule has 1 saturated heterocycles. The van der Waals surface area contributed by atoms with Crippen LogP contribution in [0.25, 0.3) is 0 Å². The number of hydrogen-bond donors (Lipinski definition) is 2. The molecule has 1 saturated carbocycles. The molecule has 1 aliphatic heterocycles. The molecular formula is C13H25NOS. The van der Waals surface area contributed by atoms with E-state index in [0.717, 1.165) is 31.2 Å². The second kappa shape index (κ2) is 5.74. The third-order valence-electron chi connectivity index (χ3n) is 4.32. The predicted molar refractivity (Wildman–Crippen MR) is 70.9 cm³/mol. The smallest absolute Gasteiger partial charge is 0.0613 e. The Morgan fingerprint density at radius 3 is 2.62 bits per heavy atom. The van der Waals surface area contributed by atoms with Crippen LogP contribution in [0.1, 0.15) is 39.0 Å². The molecule has 3 heteroatoms. The van der Waals surface area contributed by atoms with Gasteiger partial charge in [-0.3, -0.25) is 0 Å². The second-order valence-electron chi connectivity index (χ2n) is 5.73. The number of rotatable bonds is 4. The lowest BCUT2D eigenvalue weighted by atomic mass is 9.77. The summed E-state index contributed by atoms with van der Waals surface area (Å²) in [7, 11) is 0. The molecule has 1 heterocycles. The molecule has 0 aromatic heterocycles. The van der Waals surface area contributed by atoms with E-state index in [1.165, 1.54) is 30.8 Å². The van der Waals surface area contributed by atoms with E-state index in [0.29, 0.717) is 6.61 Å². The molecule has 0 aromatic carbocycles. The molecular weight excluding hydrogens is 218 g/mol. The van der Waals surface area contributed by atoms with Gasteiger partial charge in [0, 0.05) is 5.54 Å². The van der Waals surface area contributed by atoms with Crippen LogP contribution < -0.4 is 5.32 Å². The molecule has 1 atom stereocenters. The van der Waals surface area contributed by atoms with Crippen molar-refractivity contribution in [2.75, 3.05) is 24.7 Å². The fraction of sp³-hybridized carbons (Fsp3) is 1.00. The summed E-state index contributed by atoms with van der Waals surface area (Å²) in [6.07, 6.45) is 6.21. The molecule has 94 valence electrons. The van der Waals surface area contributed by atoms with Crippen molar-refractivity contribution in [3.8, 4) is 0 Å². The number of hydrogen-bond acceptors (Lipinski definition) is 3. The van der Waals surface area contributed by atoms with Crippen molar-refractivity contribution >= 4 is 11.8 Å². The van der Waals surface area contributed by atoms with Crippen molar-refractivity contribution in [3.05, 3.63) is 0 Å². The molecule has 0 aromatic rings. The first kappa shape index (κ1) is 12.7. The minimum atomic E-state index is 0.0553. The standard InChI is InChI=1S/C13H25NOS/c1-11-2-5-13(10-15,6-3-11)14-8-12-4-7-16-9-12/h11-12,14-15H,2-10H2,1H3. The van der Waals surface area contributed by atoms with Gasteiger partial charge in [0.1, 0.15) is 0 Å². The normalized spacial score (nSPS) is 40.1. The van der Waals surface area contributed by atoms with Crippen LogP contribution in [-0.4, -0.2) is 35.3 Å². The van der Waals surface area contributed by atoms with Crippen LogP contribution in [0.15, 0.2) is 0 Å². The van der Waals surface area contributed by atoms with Gasteiger partial charge in [0.25, 0.3) is 0 Å². The summed E-state index contributed by atoms with van der Waals surface area (Å²) in [5.74, 6) is 4.33. The summed E-state index contributed by atoms with van der Waals surface area (Å²) in [6.45, 7) is 3.76. The summed E-state index contributed by atoms with van der Waals surface area (Å²) in [4.78, 5) is 0. The topological polar surface area (TPSA) is 32.3 Å². The summed E-state index contributed by atoms with van der Waals surface area (Å²) in [5.41, 5.74) is 0.0553. The SMILES string of the molecule is CC1CCC(CO)(NCC2CCSC2)CC1. The Balaban J connectivity index is 1.79. The second-order valence-corrected chi connectivity index (χ2v) is 6.88. The molecule has 2 N–H and O–H groups in total. The van der Waals surface area contributed by atoms with Crippen molar-refractivity contribution in [3.63, 3.8) is 0 Å². The Labute approximate surface area is 104 Å². The largest absolute Gasteiger partial charge is 0.394 e. The monoisotopic (exact) mass is 243 g/mol. The quantitative estimate of drug-likeness (QED) is 0.794. The summed E-state index contributed by atoms with van der Waals surface area (Å²) < 4.78 is 0. The van der Waals surface area contributed by atoms with Crippen molar-refractivity contribution in [2.24, 2.45) is 11.8 Å². The average Bonchev–Trinajstić information content (AvgIpc) is 2.82. The van der Waals surface area contributed by atoms with Crippen molar-refractivity contribution in [2.45, 2.75) is 44.6 Å². The fourth-order valence-electron chi connectivity index (χ4n) is 2.81. The van der Waals surface area contributed by atoms with Gasteiger partial charge in [-0.05, 0) is 62.0 Å². The van der Waals surface area contributed by atoms with Crippen LogP contribution in [0.3, 0.4) is 0 Å². The maximum Gasteiger partial charge on any atom is 0.0613 e.